The van der Waals surface area contributed by atoms with E-state index in [9.17, 15) is 13.2 Å². The molecule has 1 saturated heterocycles. The molecule has 1 atom stereocenters. The molecule has 1 heterocycles. The highest BCUT2D eigenvalue weighted by atomic mass is 32.2. The van der Waals surface area contributed by atoms with Crippen molar-refractivity contribution in [1.29, 1.82) is 0 Å². The summed E-state index contributed by atoms with van der Waals surface area (Å²) in [5.74, 6) is 0.665. The minimum Gasteiger partial charge on any atom is -0.491 e. The number of hydrogen-bond donors (Lipinski definition) is 1. The Kier molecular flexibility index (Phi) is 8.10. The van der Waals surface area contributed by atoms with Crippen LogP contribution in [0.3, 0.4) is 0 Å². The Bertz CT molecular complexity index is 718. The number of carbonyl (C=O) groups excluding carboxylic acids is 1. The molecule has 0 spiro atoms. The monoisotopic (exact) mass is 396 g/mol. The van der Waals surface area contributed by atoms with E-state index in [0.717, 1.165) is 31.4 Å². The highest BCUT2D eigenvalue weighted by Gasteiger charge is 2.31. The van der Waals surface area contributed by atoms with Gasteiger partial charge in [-0.25, -0.2) is 12.7 Å². The fraction of sp³-hybridized carbons (Fsp3) is 0.650. The summed E-state index contributed by atoms with van der Waals surface area (Å²) in [6, 6.07) is 8.03. The molecule has 0 aromatic heterocycles. The third kappa shape index (κ3) is 6.81. The van der Waals surface area contributed by atoms with Gasteiger partial charge in [0.25, 0.3) is 0 Å². The summed E-state index contributed by atoms with van der Waals surface area (Å²) in [6.45, 7) is 7.05. The molecule has 2 rings (SSSR count). The minimum atomic E-state index is -3.22. The van der Waals surface area contributed by atoms with Gasteiger partial charge >= 0.3 is 0 Å². The van der Waals surface area contributed by atoms with Crippen LogP contribution in [0.25, 0.3) is 0 Å². The van der Waals surface area contributed by atoms with Gasteiger partial charge in [-0.3, -0.25) is 4.79 Å². The first-order chi connectivity index (χ1) is 12.8. The summed E-state index contributed by atoms with van der Waals surface area (Å²) in [5.41, 5.74) is 1.18. The van der Waals surface area contributed by atoms with Crippen molar-refractivity contribution in [3.8, 4) is 5.75 Å². The predicted molar refractivity (Wildman–Crippen MR) is 107 cm³/mol. The lowest BCUT2D eigenvalue weighted by atomic mass is 9.99. The van der Waals surface area contributed by atoms with E-state index in [1.807, 2.05) is 32.0 Å². The molecule has 1 aromatic rings. The van der Waals surface area contributed by atoms with Gasteiger partial charge in [-0.05, 0) is 64.2 Å². The molecule has 1 fully saturated rings. The van der Waals surface area contributed by atoms with Crippen LogP contribution in [0, 0.1) is 5.92 Å². The van der Waals surface area contributed by atoms with Crippen molar-refractivity contribution >= 4 is 15.9 Å². The van der Waals surface area contributed by atoms with Gasteiger partial charge in [0.05, 0.1) is 17.8 Å². The van der Waals surface area contributed by atoms with Crippen molar-refractivity contribution in [3.05, 3.63) is 29.8 Å². The van der Waals surface area contributed by atoms with E-state index in [1.165, 1.54) is 9.87 Å². The van der Waals surface area contributed by atoms with Crippen molar-refractivity contribution in [3.63, 3.8) is 0 Å². The Morgan fingerprint density at radius 1 is 1.37 bits per heavy atom. The van der Waals surface area contributed by atoms with Gasteiger partial charge in [0.2, 0.25) is 15.9 Å². The zero-order valence-electron chi connectivity index (χ0n) is 16.6. The summed E-state index contributed by atoms with van der Waals surface area (Å²) in [7, 11) is -3.22. The molecular weight excluding hydrogens is 364 g/mol. The van der Waals surface area contributed by atoms with E-state index in [1.54, 1.807) is 6.92 Å². The maximum absolute atomic E-state index is 12.4. The number of piperidine rings is 1. The average molecular weight is 397 g/mol. The number of ether oxygens (including phenoxy) is 1. The summed E-state index contributed by atoms with van der Waals surface area (Å²) in [4.78, 5) is 12.4. The Morgan fingerprint density at radius 3 is 2.85 bits per heavy atom. The average Bonchev–Trinajstić information content (AvgIpc) is 2.65. The summed E-state index contributed by atoms with van der Waals surface area (Å²) in [6.07, 6.45) is 3.32. The van der Waals surface area contributed by atoms with Crippen LogP contribution in [0.2, 0.25) is 0 Å². The number of sulfonamides is 1. The number of aryl methyl sites for hydroxylation is 1. The van der Waals surface area contributed by atoms with Crippen molar-refractivity contribution in [2.24, 2.45) is 5.92 Å². The molecular formula is C20H32N2O4S. The number of rotatable bonds is 9. The molecule has 152 valence electrons. The number of hydrogen-bond acceptors (Lipinski definition) is 4. The largest absolute Gasteiger partial charge is 0.491 e. The van der Waals surface area contributed by atoms with Crippen LogP contribution in [-0.4, -0.2) is 50.1 Å². The second kappa shape index (κ2) is 10.1. The Balaban J connectivity index is 1.76. The van der Waals surface area contributed by atoms with E-state index in [-0.39, 0.29) is 23.7 Å². The molecule has 6 nitrogen and oxygen atoms in total. The fourth-order valence-electron chi connectivity index (χ4n) is 3.29. The van der Waals surface area contributed by atoms with Gasteiger partial charge in [0, 0.05) is 19.6 Å². The van der Waals surface area contributed by atoms with Crippen LogP contribution in [0.1, 0.15) is 45.6 Å². The number of benzene rings is 1. The number of amides is 1. The van der Waals surface area contributed by atoms with Crippen LogP contribution >= 0.6 is 0 Å². The standard InChI is InChI=1S/C20H32N2O4S/c1-4-27(24,25)22-13-7-10-18(15-22)20(23)21-12-6-9-17-8-5-11-19(14-17)26-16(2)3/h5,8,11,14,16,18H,4,6-7,9-10,12-13,15H2,1-3H3,(H,21,23)/t18-/m1/s1. The lowest BCUT2D eigenvalue weighted by Crippen LogP contribution is -2.46. The van der Waals surface area contributed by atoms with Crippen molar-refractivity contribution < 1.29 is 17.9 Å². The molecule has 27 heavy (non-hydrogen) atoms. The van der Waals surface area contributed by atoms with E-state index >= 15 is 0 Å². The van der Waals surface area contributed by atoms with Crippen LogP contribution in [0.4, 0.5) is 0 Å². The molecule has 1 aliphatic rings. The van der Waals surface area contributed by atoms with Crippen molar-refractivity contribution in [2.45, 2.75) is 52.6 Å². The van der Waals surface area contributed by atoms with E-state index < -0.39 is 10.0 Å². The number of carbonyl (C=O) groups is 1. The zero-order chi connectivity index (χ0) is 19.9. The molecule has 0 radical (unpaired) electrons. The molecule has 1 amide bonds. The Hall–Kier alpha value is -1.60. The molecule has 7 heteroatoms. The SMILES string of the molecule is CCS(=O)(=O)N1CCC[C@@H](C(=O)NCCCc2cccc(OC(C)C)c2)C1. The maximum atomic E-state index is 12.4. The predicted octanol–water partition coefficient (Wildman–Crippen LogP) is 2.58. The second-order valence-corrected chi connectivity index (χ2v) is 9.56. The molecule has 0 unspecified atom stereocenters. The van der Waals surface area contributed by atoms with Gasteiger partial charge < -0.3 is 10.1 Å². The van der Waals surface area contributed by atoms with Gasteiger partial charge in [0.1, 0.15) is 5.75 Å². The molecule has 1 aromatic carbocycles. The molecule has 0 bridgehead atoms. The number of nitrogens with one attached hydrogen (secondary N) is 1. The van der Waals surface area contributed by atoms with E-state index in [2.05, 4.69) is 11.4 Å². The third-order valence-corrected chi connectivity index (χ3v) is 6.57. The van der Waals surface area contributed by atoms with Crippen molar-refractivity contribution in [1.82, 2.24) is 9.62 Å². The van der Waals surface area contributed by atoms with Crippen LogP contribution in [-0.2, 0) is 21.2 Å². The van der Waals surface area contributed by atoms with Crippen LogP contribution in [0.15, 0.2) is 24.3 Å². The highest BCUT2D eigenvalue weighted by Crippen LogP contribution is 2.20. The van der Waals surface area contributed by atoms with Crippen LogP contribution in [0.5, 0.6) is 5.75 Å². The topological polar surface area (TPSA) is 75.7 Å². The summed E-state index contributed by atoms with van der Waals surface area (Å²) >= 11 is 0. The second-order valence-electron chi connectivity index (χ2n) is 7.31. The van der Waals surface area contributed by atoms with Crippen molar-refractivity contribution in [2.75, 3.05) is 25.4 Å². The van der Waals surface area contributed by atoms with Gasteiger partial charge in [-0.2, -0.15) is 0 Å². The lowest BCUT2D eigenvalue weighted by Gasteiger charge is -2.30. The van der Waals surface area contributed by atoms with Crippen LogP contribution < -0.4 is 10.1 Å². The molecule has 0 aliphatic carbocycles. The van der Waals surface area contributed by atoms with E-state index in [4.69, 9.17) is 4.74 Å². The third-order valence-electron chi connectivity index (χ3n) is 4.72. The van der Waals surface area contributed by atoms with E-state index in [0.29, 0.717) is 19.6 Å². The Labute approximate surface area is 163 Å². The lowest BCUT2D eigenvalue weighted by molar-refractivity contribution is -0.126. The fourth-order valence-corrected chi connectivity index (χ4v) is 4.47. The summed E-state index contributed by atoms with van der Waals surface area (Å²) < 4.78 is 31.2. The molecule has 0 saturated carbocycles. The number of nitrogens with zero attached hydrogens (tertiary/aromatic N) is 1. The highest BCUT2D eigenvalue weighted by molar-refractivity contribution is 7.89. The molecule has 1 aliphatic heterocycles. The maximum Gasteiger partial charge on any atom is 0.224 e. The minimum absolute atomic E-state index is 0.0390. The normalized spacial score (nSPS) is 18.4. The quantitative estimate of drug-likeness (QED) is 0.651. The zero-order valence-corrected chi connectivity index (χ0v) is 17.4. The smallest absolute Gasteiger partial charge is 0.224 e. The first kappa shape index (κ1) is 21.7. The van der Waals surface area contributed by atoms with Gasteiger partial charge in [-0.15, -0.1) is 0 Å². The van der Waals surface area contributed by atoms with Gasteiger partial charge in [-0.1, -0.05) is 12.1 Å². The first-order valence-corrected chi connectivity index (χ1v) is 11.4. The van der Waals surface area contributed by atoms with Gasteiger partial charge in [0.15, 0.2) is 0 Å². The Morgan fingerprint density at radius 2 is 2.15 bits per heavy atom. The molecule has 1 N–H and O–H groups in total. The summed E-state index contributed by atoms with van der Waals surface area (Å²) in [5, 5.41) is 2.97. The first-order valence-electron chi connectivity index (χ1n) is 9.83.